The van der Waals surface area contributed by atoms with Gasteiger partial charge in [0.15, 0.2) is 24.8 Å². The molecular weight excluding hydrogens is 526 g/mol. The van der Waals surface area contributed by atoms with Gasteiger partial charge in [0.1, 0.15) is 23.3 Å². The lowest BCUT2D eigenvalue weighted by atomic mass is 10.0. The molecule has 0 aromatic carbocycles. The summed E-state index contributed by atoms with van der Waals surface area (Å²) in [5.41, 5.74) is 0.0410. The first kappa shape index (κ1) is 26.0. The molecule has 1 fully saturated rings. The number of aromatic nitrogens is 3. The Morgan fingerprint density at radius 1 is 1.31 bits per heavy atom. The van der Waals surface area contributed by atoms with Crippen LogP contribution in [0.25, 0.3) is 0 Å². The summed E-state index contributed by atoms with van der Waals surface area (Å²) in [4.78, 5) is 64.2. The van der Waals surface area contributed by atoms with Crippen LogP contribution in [-0.2, 0) is 30.6 Å². The predicted molar refractivity (Wildman–Crippen MR) is 135 cm³/mol. The number of hydrogen-bond acceptors (Lipinski definition) is 10. The van der Waals surface area contributed by atoms with Gasteiger partial charge >= 0.3 is 0 Å². The van der Waals surface area contributed by atoms with Crippen molar-refractivity contribution in [2.75, 3.05) is 11.1 Å². The van der Waals surface area contributed by atoms with Crippen molar-refractivity contribution < 1.29 is 33.7 Å². The van der Waals surface area contributed by atoms with Gasteiger partial charge in [-0.2, -0.15) is 0 Å². The molecule has 0 spiro atoms. The maximum absolute atomic E-state index is 13.3. The fourth-order valence-electron chi connectivity index (χ4n) is 4.37. The number of fused-ring (bicyclic) bond motifs is 1. The van der Waals surface area contributed by atoms with Crippen LogP contribution in [-0.4, -0.2) is 68.0 Å². The smallest absolute Gasteiger partial charge is 0.278 e. The molecule has 2 aromatic rings. The predicted octanol–water partition coefficient (Wildman–Crippen LogP) is -1.12. The molecule has 39 heavy (non-hydrogen) atoms. The average molecular weight is 550 g/mol. The van der Waals surface area contributed by atoms with Crippen LogP contribution in [0, 0.1) is 0 Å². The summed E-state index contributed by atoms with van der Waals surface area (Å²) in [5.74, 6) is -2.50. The van der Waals surface area contributed by atoms with E-state index in [1.807, 2.05) is 30.4 Å². The number of β-lactam (4-membered cyclic amide) rings is 1. The summed E-state index contributed by atoms with van der Waals surface area (Å²) in [7, 11) is 0. The van der Waals surface area contributed by atoms with Crippen molar-refractivity contribution in [2.24, 2.45) is 5.16 Å². The van der Waals surface area contributed by atoms with Crippen molar-refractivity contribution in [1.29, 1.82) is 0 Å². The van der Waals surface area contributed by atoms with Gasteiger partial charge in [-0.3, -0.25) is 19.3 Å². The number of amides is 3. The highest BCUT2D eigenvalue weighted by Crippen LogP contribution is 2.40. The highest BCUT2D eigenvalue weighted by atomic mass is 32.2. The van der Waals surface area contributed by atoms with Gasteiger partial charge in [-0.25, -0.2) is 14.5 Å². The number of carbonyl (C=O) groups is 4. The number of oxime groups is 1. The number of rotatable bonds is 10. The molecule has 14 heteroatoms. The lowest BCUT2D eigenvalue weighted by molar-refractivity contribution is -0.689. The van der Waals surface area contributed by atoms with E-state index in [2.05, 4.69) is 25.8 Å². The molecule has 0 bridgehead atoms. The first-order valence-electron chi connectivity index (χ1n) is 12.0. The Morgan fingerprint density at radius 2 is 2.13 bits per heavy atom. The zero-order valence-electron chi connectivity index (χ0n) is 20.4. The summed E-state index contributed by atoms with van der Waals surface area (Å²) in [6, 6.07) is 5.89. The molecule has 3 aliphatic rings. The standard InChI is InChI=1S/C25H23N7O6S/c33-14-27-17-8-9-26-21(28-17)18(30-38-16-6-2-3-7-16)22(34)29-19-23(35)32-20(25(36)37)15(13-39-24(19)32)12-31-10-4-1-5-11-31/h1-2,4-6,8-11,14,16,19,24H,3,7,12-13H2,(H2-,26,27,28,29,33,34,36,37)/b30-18-/t16?,19?,24-/m1/s1. The van der Waals surface area contributed by atoms with E-state index in [0.29, 0.717) is 24.2 Å². The number of hydrogen-bond donors (Lipinski definition) is 2. The van der Waals surface area contributed by atoms with Crippen LogP contribution in [0.5, 0.6) is 0 Å². The molecule has 2 N–H and O–H groups in total. The van der Waals surface area contributed by atoms with Crippen LogP contribution in [0.3, 0.4) is 0 Å². The van der Waals surface area contributed by atoms with E-state index in [-0.39, 0.29) is 35.7 Å². The lowest BCUT2D eigenvalue weighted by Gasteiger charge is -2.50. The molecule has 200 valence electrons. The van der Waals surface area contributed by atoms with Gasteiger partial charge in [-0.1, -0.05) is 17.3 Å². The van der Waals surface area contributed by atoms with Gasteiger partial charge in [-0.05, 0) is 25.0 Å². The molecule has 2 aliphatic heterocycles. The molecule has 2 unspecified atom stereocenters. The number of aliphatic carboxylic acids is 1. The van der Waals surface area contributed by atoms with Crippen LogP contribution in [0.1, 0.15) is 18.7 Å². The Morgan fingerprint density at radius 3 is 2.85 bits per heavy atom. The van der Waals surface area contributed by atoms with Gasteiger partial charge in [-0.15, -0.1) is 11.8 Å². The molecule has 3 atom stereocenters. The monoisotopic (exact) mass is 549 g/mol. The van der Waals surface area contributed by atoms with Crippen molar-refractivity contribution in [2.45, 2.75) is 36.9 Å². The zero-order chi connectivity index (χ0) is 27.4. The number of pyridine rings is 1. The second-order valence-electron chi connectivity index (χ2n) is 8.77. The van der Waals surface area contributed by atoms with Gasteiger partial charge in [0.25, 0.3) is 11.8 Å². The second-order valence-corrected chi connectivity index (χ2v) is 9.87. The first-order valence-corrected chi connectivity index (χ1v) is 13.1. The average Bonchev–Trinajstić information content (AvgIpc) is 3.46. The quantitative estimate of drug-likeness (QED) is 0.0930. The molecule has 5 rings (SSSR count). The number of anilines is 1. The lowest BCUT2D eigenvalue weighted by Crippen LogP contribution is -2.71. The Hall–Kier alpha value is -4.59. The molecule has 1 aliphatic carbocycles. The molecule has 3 amide bonds. The summed E-state index contributed by atoms with van der Waals surface area (Å²) in [5, 5.41) is 20.4. The van der Waals surface area contributed by atoms with Crippen LogP contribution in [0.2, 0.25) is 0 Å². The first-order chi connectivity index (χ1) is 19.0. The third-order valence-corrected chi connectivity index (χ3v) is 7.55. The van der Waals surface area contributed by atoms with Crippen LogP contribution >= 0.6 is 11.8 Å². The summed E-state index contributed by atoms with van der Waals surface area (Å²) in [6.07, 6.45) is 10.3. The number of allylic oxidation sites excluding steroid dienone is 1. The third-order valence-electron chi connectivity index (χ3n) is 6.22. The molecular formula is C25H23N7O6S. The molecule has 2 aromatic heterocycles. The van der Waals surface area contributed by atoms with Crippen molar-refractivity contribution in [3.63, 3.8) is 0 Å². The van der Waals surface area contributed by atoms with E-state index >= 15 is 0 Å². The fourth-order valence-corrected chi connectivity index (χ4v) is 5.71. The van der Waals surface area contributed by atoms with Gasteiger partial charge in [0, 0.05) is 29.7 Å². The maximum Gasteiger partial charge on any atom is 0.278 e. The second kappa shape index (κ2) is 11.4. The Kier molecular flexibility index (Phi) is 7.63. The Balaban J connectivity index is 1.36. The minimum absolute atomic E-state index is 0.126. The molecule has 0 radical (unpaired) electrons. The van der Waals surface area contributed by atoms with Gasteiger partial charge in [0.05, 0.1) is 11.7 Å². The number of carbonyl (C=O) groups excluding carboxylic acids is 4. The summed E-state index contributed by atoms with van der Waals surface area (Å²) < 4.78 is 1.80. The molecule has 13 nitrogen and oxygen atoms in total. The van der Waals surface area contributed by atoms with Crippen molar-refractivity contribution in [3.8, 4) is 0 Å². The zero-order valence-corrected chi connectivity index (χ0v) is 21.2. The van der Waals surface area contributed by atoms with E-state index in [1.54, 1.807) is 17.0 Å². The van der Waals surface area contributed by atoms with E-state index in [9.17, 15) is 24.3 Å². The Labute approximate surface area is 226 Å². The van der Waals surface area contributed by atoms with Crippen molar-refractivity contribution >= 4 is 47.5 Å². The van der Waals surface area contributed by atoms with Crippen molar-refractivity contribution in [3.05, 3.63) is 72.1 Å². The number of carboxylic acid groups (broad SMARTS) is 1. The molecule has 4 heterocycles. The van der Waals surface area contributed by atoms with E-state index in [0.717, 1.165) is 11.3 Å². The number of nitrogens with one attached hydrogen (secondary N) is 2. The van der Waals surface area contributed by atoms with E-state index in [1.165, 1.54) is 24.0 Å². The SMILES string of the molecule is O=CNc1ccnc(/C(=N/OC2C=CCC2)C(=O)NC2C(=O)N3C(C(=O)[O-])=C(C[n+]4ccccc4)CS[C@H]23)n1. The minimum atomic E-state index is -1.46. The molecule has 0 saturated carbocycles. The van der Waals surface area contributed by atoms with Gasteiger partial charge in [0.2, 0.25) is 12.1 Å². The third kappa shape index (κ3) is 5.50. The van der Waals surface area contributed by atoms with Crippen LogP contribution < -0.4 is 20.3 Å². The largest absolute Gasteiger partial charge is 0.543 e. The highest BCUT2D eigenvalue weighted by molar-refractivity contribution is 8.00. The topological polar surface area (TPSA) is 170 Å². The summed E-state index contributed by atoms with van der Waals surface area (Å²) in [6.45, 7) is 0.275. The molecule has 1 saturated heterocycles. The number of nitrogens with zero attached hydrogens (tertiary/aromatic N) is 5. The number of thioether (sulfide) groups is 1. The normalized spacial score (nSPS) is 22.2. The minimum Gasteiger partial charge on any atom is -0.543 e. The fraction of sp³-hybridized carbons (Fsp3) is 0.280. The highest BCUT2D eigenvalue weighted by Gasteiger charge is 2.53. The van der Waals surface area contributed by atoms with Gasteiger partial charge < -0.3 is 25.4 Å². The van der Waals surface area contributed by atoms with Crippen LogP contribution in [0.4, 0.5) is 5.82 Å². The van der Waals surface area contributed by atoms with E-state index < -0.39 is 29.2 Å². The van der Waals surface area contributed by atoms with E-state index in [4.69, 9.17) is 4.84 Å². The number of carboxylic acids is 1. The van der Waals surface area contributed by atoms with Crippen LogP contribution in [0.15, 0.2) is 71.4 Å². The van der Waals surface area contributed by atoms with Crippen molar-refractivity contribution in [1.82, 2.24) is 20.2 Å². The summed E-state index contributed by atoms with van der Waals surface area (Å²) >= 11 is 1.33. The Bertz CT molecular complexity index is 1400. The maximum atomic E-state index is 13.3.